The standard InChI is InChI=1S/C22H22ClN5OS/c1-13-14(5-4-7-25-13)22(29)27-20-19-16(15-6-8-24-12-18(15)26-19)11-17(23)21(20)30-10-9-28(2)3/h4-8,11-12,26H,9-10H2,1-3H3,(H,27,29). The van der Waals surface area contributed by atoms with Gasteiger partial charge in [-0.3, -0.25) is 14.8 Å². The zero-order valence-electron chi connectivity index (χ0n) is 17.0. The lowest BCUT2D eigenvalue weighted by Gasteiger charge is -2.16. The lowest BCUT2D eigenvalue weighted by atomic mass is 10.1. The van der Waals surface area contributed by atoms with Crippen molar-refractivity contribution in [3.8, 4) is 0 Å². The highest BCUT2D eigenvalue weighted by atomic mass is 35.5. The van der Waals surface area contributed by atoms with Crippen LogP contribution in [0, 0.1) is 6.92 Å². The molecule has 0 spiro atoms. The average molecular weight is 440 g/mol. The van der Waals surface area contributed by atoms with E-state index in [9.17, 15) is 4.79 Å². The van der Waals surface area contributed by atoms with Gasteiger partial charge in [0.1, 0.15) is 0 Å². The summed E-state index contributed by atoms with van der Waals surface area (Å²) >= 11 is 8.34. The van der Waals surface area contributed by atoms with Crippen LogP contribution in [0.4, 0.5) is 5.69 Å². The van der Waals surface area contributed by atoms with Crippen LogP contribution in [0.15, 0.2) is 47.8 Å². The van der Waals surface area contributed by atoms with E-state index in [1.54, 1.807) is 42.5 Å². The highest BCUT2D eigenvalue weighted by Crippen LogP contribution is 2.42. The van der Waals surface area contributed by atoms with Crippen molar-refractivity contribution < 1.29 is 4.79 Å². The first-order chi connectivity index (χ1) is 14.5. The first-order valence-electron chi connectivity index (χ1n) is 9.54. The number of aryl methyl sites for hydroxylation is 1. The van der Waals surface area contributed by atoms with Crippen molar-refractivity contribution in [2.24, 2.45) is 0 Å². The summed E-state index contributed by atoms with van der Waals surface area (Å²) in [4.78, 5) is 27.9. The molecular formula is C22H22ClN5OS. The first kappa shape index (κ1) is 20.7. The summed E-state index contributed by atoms with van der Waals surface area (Å²) in [6.45, 7) is 2.72. The second kappa shape index (κ2) is 8.63. The molecule has 154 valence electrons. The Labute approximate surface area is 184 Å². The number of aromatic amines is 1. The van der Waals surface area contributed by atoms with Crippen LogP contribution in [0.2, 0.25) is 5.02 Å². The predicted octanol–water partition coefficient (Wildman–Crippen LogP) is 4.98. The van der Waals surface area contributed by atoms with E-state index in [4.69, 9.17) is 11.6 Å². The number of hydrogen-bond donors (Lipinski definition) is 2. The number of hydrogen-bond acceptors (Lipinski definition) is 5. The Kier molecular flexibility index (Phi) is 5.94. The Bertz CT molecular complexity index is 1240. The molecule has 1 aromatic carbocycles. The van der Waals surface area contributed by atoms with Crippen LogP contribution in [0.25, 0.3) is 21.8 Å². The Morgan fingerprint density at radius 2 is 2.10 bits per heavy atom. The molecule has 0 atom stereocenters. The molecule has 6 nitrogen and oxygen atoms in total. The minimum atomic E-state index is -0.213. The van der Waals surface area contributed by atoms with Crippen molar-refractivity contribution >= 4 is 56.8 Å². The summed E-state index contributed by atoms with van der Waals surface area (Å²) in [5.74, 6) is 0.629. The summed E-state index contributed by atoms with van der Waals surface area (Å²) in [5, 5.41) is 5.68. The molecule has 0 aliphatic rings. The number of pyridine rings is 2. The maximum Gasteiger partial charge on any atom is 0.257 e. The van der Waals surface area contributed by atoms with Gasteiger partial charge in [-0.1, -0.05) is 11.6 Å². The van der Waals surface area contributed by atoms with Crippen molar-refractivity contribution in [2.45, 2.75) is 11.8 Å². The molecule has 0 fully saturated rings. The number of nitrogens with zero attached hydrogens (tertiary/aromatic N) is 3. The fourth-order valence-corrected chi connectivity index (χ4v) is 4.86. The summed E-state index contributed by atoms with van der Waals surface area (Å²) in [6.07, 6.45) is 5.20. The smallest absolute Gasteiger partial charge is 0.257 e. The summed E-state index contributed by atoms with van der Waals surface area (Å²) < 4.78 is 0. The van der Waals surface area contributed by atoms with Gasteiger partial charge in [-0.25, -0.2) is 0 Å². The van der Waals surface area contributed by atoms with Gasteiger partial charge in [-0.15, -0.1) is 11.8 Å². The van der Waals surface area contributed by atoms with Crippen molar-refractivity contribution in [1.29, 1.82) is 0 Å². The number of rotatable bonds is 6. The number of carbonyl (C=O) groups excluding carboxylic acids is 1. The maximum absolute atomic E-state index is 13.1. The van der Waals surface area contributed by atoms with Gasteiger partial charge in [0.25, 0.3) is 5.91 Å². The molecule has 0 unspecified atom stereocenters. The molecule has 1 amide bonds. The fraction of sp³-hybridized carbons (Fsp3) is 0.227. The third-order valence-corrected chi connectivity index (χ3v) is 6.39. The molecule has 4 rings (SSSR count). The maximum atomic E-state index is 13.1. The van der Waals surface area contributed by atoms with E-state index in [1.165, 1.54) is 0 Å². The molecular weight excluding hydrogens is 418 g/mol. The van der Waals surface area contributed by atoms with Crippen molar-refractivity contribution in [1.82, 2.24) is 19.9 Å². The number of anilines is 1. The molecule has 2 N–H and O–H groups in total. The lowest BCUT2D eigenvalue weighted by Crippen LogP contribution is -2.16. The number of halogens is 1. The summed E-state index contributed by atoms with van der Waals surface area (Å²) in [5.41, 5.74) is 3.63. The molecule has 0 saturated carbocycles. The Hall–Kier alpha value is -2.61. The molecule has 0 aliphatic heterocycles. The van der Waals surface area contributed by atoms with Crippen molar-refractivity contribution in [2.75, 3.05) is 31.7 Å². The number of fused-ring (bicyclic) bond motifs is 3. The zero-order chi connectivity index (χ0) is 21.3. The van der Waals surface area contributed by atoms with Crippen LogP contribution < -0.4 is 5.32 Å². The number of nitrogens with one attached hydrogen (secondary N) is 2. The van der Waals surface area contributed by atoms with Crippen molar-refractivity contribution in [3.63, 3.8) is 0 Å². The third kappa shape index (κ3) is 4.01. The van der Waals surface area contributed by atoms with E-state index in [0.29, 0.717) is 22.0 Å². The molecule has 4 aromatic rings. The average Bonchev–Trinajstić information content (AvgIpc) is 3.08. The Morgan fingerprint density at radius 1 is 1.27 bits per heavy atom. The van der Waals surface area contributed by atoms with E-state index >= 15 is 0 Å². The largest absolute Gasteiger partial charge is 0.352 e. The molecule has 0 saturated heterocycles. The van der Waals surface area contributed by atoms with Crippen molar-refractivity contribution in [3.05, 3.63) is 59.1 Å². The monoisotopic (exact) mass is 439 g/mol. The number of aromatic nitrogens is 3. The van der Waals surface area contributed by atoms with Gasteiger partial charge in [0.2, 0.25) is 0 Å². The topological polar surface area (TPSA) is 73.9 Å². The molecule has 0 aliphatic carbocycles. The van der Waals surface area contributed by atoms with Gasteiger partial charge in [0.15, 0.2) is 0 Å². The number of H-pyrrole nitrogens is 1. The highest BCUT2D eigenvalue weighted by Gasteiger charge is 2.20. The molecule has 3 aromatic heterocycles. The van der Waals surface area contributed by atoms with E-state index in [1.807, 2.05) is 33.2 Å². The predicted molar refractivity (Wildman–Crippen MR) is 125 cm³/mol. The molecule has 0 bridgehead atoms. The van der Waals surface area contributed by atoms with Crippen LogP contribution in [-0.4, -0.2) is 52.2 Å². The summed E-state index contributed by atoms with van der Waals surface area (Å²) in [6, 6.07) is 7.43. The van der Waals surface area contributed by atoms with E-state index in [0.717, 1.165) is 39.0 Å². The second-order valence-corrected chi connectivity index (χ2v) is 8.79. The molecule has 3 heterocycles. The Balaban J connectivity index is 1.84. The van der Waals surface area contributed by atoms with Crippen LogP contribution in [0.5, 0.6) is 0 Å². The number of amides is 1. The second-order valence-electron chi connectivity index (χ2n) is 7.27. The lowest BCUT2D eigenvalue weighted by molar-refractivity contribution is 0.102. The van der Waals surface area contributed by atoms with E-state index in [2.05, 4.69) is 25.2 Å². The SMILES string of the molecule is Cc1ncccc1C(=O)Nc1c(SCCN(C)C)c(Cl)cc2c1[nH]c1cnccc12. The fourth-order valence-electron chi connectivity index (χ4n) is 3.33. The highest BCUT2D eigenvalue weighted by molar-refractivity contribution is 7.99. The number of carbonyl (C=O) groups is 1. The Morgan fingerprint density at radius 3 is 2.87 bits per heavy atom. The van der Waals surface area contributed by atoms with Crippen LogP contribution in [-0.2, 0) is 0 Å². The zero-order valence-corrected chi connectivity index (χ0v) is 18.6. The normalized spacial score (nSPS) is 11.5. The van der Waals surface area contributed by atoms with Gasteiger partial charge in [-0.2, -0.15) is 0 Å². The summed E-state index contributed by atoms with van der Waals surface area (Å²) in [7, 11) is 4.06. The first-order valence-corrected chi connectivity index (χ1v) is 10.9. The van der Waals surface area contributed by atoms with Crippen LogP contribution >= 0.6 is 23.4 Å². The van der Waals surface area contributed by atoms with Gasteiger partial charge < -0.3 is 15.2 Å². The molecule has 8 heteroatoms. The molecule has 30 heavy (non-hydrogen) atoms. The minimum absolute atomic E-state index is 0.213. The van der Waals surface area contributed by atoms with Crippen LogP contribution in [0.1, 0.15) is 16.1 Å². The quantitative estimate of drug-likeness (QED) is 0.414. The van der Waals surface area contributed by atoms with Gasteiger partial charge in [-0.05, 0) is 45.3 Å². The van der Waals surface area contributed by atoms with Gasteiger partial charge >= 0.3 is 0 Å². The number of thioether (sulfide) groups is 1. The van der Waals surface area contributed by atoms with Gasteiger partial charge in [0, 0.05) is 41.2 Å². The van der Waals surface area contributed by atoms with E-state index < -0.39 is 0 Å². The third-order valence-electron chi connectivity index (χ3n) is 4.88. The van der Waals surface area contributed by atoms with Gasteiger partial charge in [0.05, 0.1) is 38.4 Å². The molecule has 0 radical (unpaired) electrons. The number of benzene rings is 1. The van der Waals surface area contributed by atoms with Crippen LogP contribution in [0.3, 0.4) is 0 Å². The van der Waals surface area contributed by atoms with E-state index in [-0.39, 0.29) is 5.91 Å². The minimum Gasteiger partial charge on any atom is -0.352 e.